The number of amides is 1. The van der Waals surface area contributed by atoms with Crippen molar-refractivity contribution >= 4 is 35.1 Å². The van der Waals surface area contributed by atoms with Gasteiger partial charge in [0.05, 0.1) is 5.02 Å². The van der Waals surface area contributed by atoms with E-state index < -0.39 is 18.0 Å². The van der Waals surface area contributed by atoms with E-state index in [4.69, 9.17) is 33.0 Å². The molecule has 7 heteroatoms. The standard InChI is InChI=1S/C14H17Cl2NO4/c1-3-6-17(8-13(18)19)14(20)9(2)21-12-5-4-10(15)7-11(12)16/h4-5,7,9H,3,6,8H2,1-2H3,(H,18,19). The van der Waals surface area contributed by atoms with E-state index in [9.17, 15) is 9.59 Å². The maximum Gasteiger partial charge on any atom is 0.323 e. The molecule has 1 unspecified atom stereocenters. The van der Waals surface area contributed by atoms with Crippen LogP contribution in [0.1, 0.15) is 20.3 Å². The van der Waals surface area contributed by atoms with E-state index in [0.717, 1.165) is 0 Å². The van der Waals surface area contributed by atoms with Crippen molar-refractivity contribution in [2.24, 2.45) is 0 Å². The zero-order valence-corrected chi connectivity index (χ0v) is 13.3. The highest BCUT2D eigenvalue weighted by molar-refractivity contribution is 6.35. The molecule has 0 radical (unpaired) electrons. The van der Waals surface area contributed by atoms with Crippen molar-refractivity contribution in [1.29, 1.82) is 0 Å². The van der Waals surface area contributed by atoms with Crippen molar-refractivity contribution in [1.82, 2.24) is 4.90 Å². The van der Waals surface area contributed by atoms with Gasteiger partial charge < -0.3 is 14.7 Å². The lowest BCUT2D eigenvalue weighted by Gasteiger charge is -2.24. The summed E-state index contributed by atoms with van der Waals surface area (Å²) in [7, 11) is 0. The van der Waals surface area contributed by atoms with Crippen LogP contribution < -0.4 is 4.74 Å². The van der Waals surface area contributed by atoms with Gasteiger partial charge in [0, 0.05) is 11.6 Å². The highest BCUT2D eigenvalue weighted by Gasteiger charge is 2.24. The fourth-order valence-electron chi connectivity index (χ4n) is 1.77. The molecule has 116 valence electrons. The first-order chi connectivity index (χ1) is 9.85. The smallest absolute Gasteiger partial charge is 0.323 e. The summed E-state index contributed by atoms with van der Waals surface area (Å²) in [5.74, 6) is -1.13. The number of carboxylic acid groups (broad SMARTS) is 1. The topological polar surface area (TPSA) is 66.8 Å². The Bertz CT molecular complexity index is 522. The van der Waals surface area contributed by atoms with E-state index >= 15 is 0 Å². The Morgan fingerprint density at radius 1 is 1.38 bits per heavy atom. The van der Waals surface area contributed by atoms with Crippen LogP contribution in [0.25, 0.3) is 0 Å². The van der Waals surface area contributed by atoms with Crippen molar-refractivity contribution < 1.29 is 19.4 Å². The molecule has 1 amide bonds. The van der Waals surface area contributed by atoms with E-state index in [1.165, 1.54) is 11.0 Å². The van der Waals surface area contributed by atoms with Gasteiger partial charge in [0.1, 0.15) is 12.3 Å². The second-order valence-electron chi connectivity index (χ2n) is 4.49. The molecule has 1 aromatic carbocycles. The van der Waals surface area contributed by atoms with Crippen LogP contribution in [0.2, 0.25) is 10.0 Å². The predicted octanol–water partition coefficient (Wildman–Crippen LogP) is 3.08. The summed E-state index contributed by atoms with van der Waals surface area (Å²) >= 11 is 11.8. The summed E-state index contributed by atoms with van der Waals surface area (Å²) in [6.07, 6.45) is -0.178. The number of hydrogen-bond acceptors (Lipinski definition) is 3. The van der Waals surface area contributed by atoms with Crippen molar-refractivity contribution in [3.63, 3.8) is 0 Å². The number of aliphatic carboxylic acids is 1. The lowest BCUT2D eigenvalue weighted by atomic mass is 10.3. The Balaban J connectivity index is 2.78. The first-order valence-corrected chi connectivity index (χ1v) is 7.23. The third kappa shape index (κ3) is 5.44. The Labute approximate surface area is 133 Å². The van der Waals surface area contributed by atoms with E-state index in [2.05, 4.69) is 0 Å². The van der Waals surface area contributed by atoms with Crippen LogP contribution >= 0.6 is 23.2 Å². The van der Waals surface area contributed by atoms with Gasteiger partial charge in [-0.3, -0.25) is 9.59 Å². The van der Waals surface area contributed by atoms with Crippen molar-refractivity contribution in [2.75, 3.05) is 13.1 Å². The van der Waals surface area contributed by atoms with Gasteiger partial charge in [-0.15, -0.1) is 0 Å². The molecule has 0 bridgehead atoms. The molecule has 0 aliphatic rings. The molecule has 0 heterocycles. The second kappa shape index (κ2) is 8.10. The van der Waals surface area contributed by atoms with Gasteiger partial charge in [-0.1, -0.05) is 30.1 Å². The lowest BCUT2D eigenvalue weighted by molar-refractivity contribution is -0.147. The Hall–Kier alpha value is -1.46. The molecule has 0 fully saturated rings. The number of ether oxygens (including phenoxy) is 1. The molecular weight excluding hydrogens is 317 g/mol. The summed E-state index contributed by atoms with van der Waals surface area (Å²) in [5, 5.41) is 9.59. The first-order valence-electron chi connectivity index (χ1n) is 6.47. The third-order valence-corrected chi connectivity index (χ3v) is 3.21. The number of carboxylic acids is 1. The fourth-order valence-corrected chi connectivity index (χ4v) is 2.22. The Morgan fingerprint density at radius 3 is 2.57 bits per heavy atom. The van der Waals surface area contributed by atoms with Crippen LogP contribution in [0.5, 0.6) is 5.75 Å². The molecule has 0 saturated carbocycles. The van der Waals surface area contributed by atoms with Gasteiger partial charge in [-0.2, -0.15) is 0 Å². The largest absolute Gasteiger partial charge is 0.480 e. The summed E-state index contributed by atoms with van der Waals surface area (Å²) in [5.41, 5.74) is 0. The molecule has 0 aromatic heterocycles. The van der Waals surface area contributed by atoms with Crippen LogP contribution in [-0.4, -0.2) is 41.1 Å². The number of hydrogen-bond donors (Lipinski definition) is 1. The number of nitrogens with zero attached hydrogens (tertiary/aromatic N) is 1. The van der Waals surface area contributed by atoms with E-state index in [1.54, 1.807) is 19.1 Å². The maximum absolute atomic E-state index is 12.2. The third-order valence-electron chi connectivity index (χ3n) is 2.68. The summed E-state index contributed by atoms with van der Waals surface area (Å²) in [6.45, 7) is 3.42. The molecule has 1 aromatic rings. The summed E-state index contributed by atoms with van der Waals surface area (Å²) in [6, 6.07) is 4.67. The summed E-state index contributed by atoms with van der Waals surface area (Å²) in [4.78, 5) is 24.3. The molecule has 0 aliphatic carbocycles. The normalized spacial score (nSPS) is 11.8. The number of halogens is 2. The van der Waals surface area contributed by atoms with Crippen molar-refractivity contribution in [3.8, 4) is 5.75 Å². The van der Waals surface area contributed by atoms with E-state index in [-0.39, 0.29) is 6.54 Å². The fraction of sp³-hybridized carbons (Fsp3) is 0.429. The zero-order chi connectivity index (χ0) is 16.0. The average molecular weight is 334 g/mol. The SMILES string of the molecule is CCCN(CC(=O)O)C(=O)C(C)Oc1ccc(Cl)cc1Cl. The van der Waals surface area contributed by atoms with Gasteiger partial charge >= 0.3 is 5.97 Å². The minimum Gasteiger partial charge on any atom is -0.480 e. The molecule has 0 spiro atoms. The van der Waals surface area contributed by atoms with Crippen LogP contribution in [0.4, 0.5) is 0 Å². The maximum atomic E-state index is 12.2. The highest BCUT2D eigenvalue weighted by atomic mass is 35.5. The molecular formula is C14H17Cl2NO4. The second-order valence-corrected chi connectivity index (χ2v) is 5.33. The molecule has 1 N–H and O–H groups in total. The Morgan fingerprint density at radius 2 is 2.05 bits per heavy atom. The van der Waals surface area contributed by atoms with Crippen molar-refractivity contribution in [3.05, 3.63) is 28.2 Å². The van der Waals surface area contributed by atoms with Gasteiger partial charge in [-0.05, 0) is 31.5 Å². The molecule has 1 atom stereocenters. The molecule has 21 heavy (non-hydrogen) atoms. The van der Waals surface area contributed by atoms with Crippen LogP contribution in [0.15, 0.2) is 18.2 Å². The minimum absolute atomic E-state index is 0.294. The molecule has 1 rings (SSSR count). The predicted molar refractivity (Wildman–Crippen MR) is 81.1 cm³/mol. The molecule has 5 nitrogen and oxygen atoms in total. The summed E-state index contributed by atoms with van der Waals surface area (Å²) < 4.78 is 5.50. The number of benzene rings is 1. The van der Waals surface area contributed by atoms with E-state index in [0.29, 0.717) is 28.8 Å². The zero-order valence-electron chi connectivity index (χ0n) is 11.8. The van der Waals surface area contributed by atoms with Crippen LogP contribution in [0, 0.1) is 0 Å². The quantitative estimate of drug-likeness (QED) is 0.832. The van der Waals surface area contributed by atoms with Gasteiger partial charge in [0.15, 0.2) is 6.10 Å². The Kier molecular flexibility index (Phi) is 6.78. The van der Waals surface area contributed by atoms with Crippen LogP contribution in [-0.2, 0) is 9.59 Å². The number of rotatable bonds is 7. The average Bonchev–Trinajstić information content (AvgIpc) is 2.40. The van der Waals surface area contributed by atoms with Gasteiger partial charge in [0.2, 0.25) is 0 Å². The monoisotopic (exact) mass is 333 g/mol. The minimum atomic E-state index is -1.06. The molecule has 0 aliphatic heterocycles. The van der Waals surface area contributed by atoms with E-state index in [1.807, 2.05) is 6.92 Å². The number of carbonyl (C=O) groups excluding carboxylic acids is 1. The first kappa shape index (κ1) is 17.6. The van der Waals surface area contributed by atoms with Crippen LogP contribution in [0.3, 0.4) is 0 Å². The van der Waals surface area contributed by atoms with Gasteiger partial charge in [-0.25, -0.2) is 0 Å². The highest BCUT2D eigenvalue weighted by Crippen LogP contribution is 2.28. The number of carbonyl (C=O) groups is 2. The van der Waals surface area contributed by atoms with Gasteiger partial charge in [0.25, 0.3) is 5.91 Å². The molecule has 0 saturated heterocycles. The lowest BCUT2D eigenvalue weighted by Crippen LogP contribution is -2.43. The van der Waals surface area contributed by atoms with Crippen molar-refractivity contribution in [2.45, 2.75) is 26.4 Å².